The number of aromatic hydroxyl groups is 1. The van der Waals surface area contributed by atoms with Crippen molar-refractivity contribution in [1.82, 2.24) is 0 Å². The van der Waals surface area contributed by atoms with Gasteiger partial charge in [0.05, 0.1) is 12.5 Å². The molecule has 5 aliphatic rings. The second-order valence-electron chi connectivity index (χ2n) is 17.4. The van der Waals surface area contributed by atoms with Gasteiger partial charge in [0.1, 0.15) is 6.10 Å². The van der Waals surface area contributed by atoms with Crippen LogP contribution in [0.2, 0.25) is 0 Å². The molecule has 0 bridgehead atoms. The number of aliphatic carboxylic acids is 1. The minimum Gasteiger partial charge on any atom is -0.504 e. The van der Waals surface area contributed by atoms with E-state index in [0.29, 0.717) is 23.7 Å². The van der Waals surface area contributed by atoms with E-state index in [1.54, 1.807) is 12.1 Å². The molecule has 0 radical (unpaired) electrons. The van der Waals surface area contributed by atoms with Gasteiger partial charge in [-0.1, -0.05) is 66.2 Å². The minimum absolute atomic E-state index is 0.0219. The number of phenols is 1. The molecule has 4 saturated carbocycles. The summed E-state index contributed by atoms with van der Waals surface area (Å²) in [5.41, 5.74) is -0.411. The van der Waals surface area contributed by atoms with Crippen molar-refractivity contribution in [1.29, 1.82) is 0 Å². The Labute approximate surface area is 285 Å². The number of methoxy groups -OCH3 is 1. The number of benzene rings is 1. The van der Waals surface area contributed by atoms with Gasteiger partial charge in [0.15, 0.2) is 11.5 Å². The van der Waals surface area contributed by atoms with E-state index in [0.717, 1.165) is 38.5 Å². The second kappa shape index (κ2) is 11.3. The molecule has 0 aromatic heterocycles. The first kappa shape index (κ1) is 35.0. The Morgan fingerprint density at radius 1 is 0.979 bits per heavy atom. The molecule has 0 spiro atoms. The molecule has 0 saturated heterocycles. The van der Waals surface area contributed by atoms with Crippen molar-refractivity contribution in [3.05, 3.63) is 41.5 Å². The predicted octanol–water partition coefficient (Wildman–Crippen LogP) is 7.36. The van der Waals surface area contributed by atoms with Gasteiger partial charge in [-0.25, -0.2) is 4.79 Å². The summed E-state index contributed by atoms with van der Waals surface area (Å²) in [4.78, 5) is 26.2. The van der Waals surface area contributed by atoms with Gasteiger partial charge in [-0.2, -0.15) is 0 Å². The minimum atomic E-state index is -2.10. The highest BCUT2D eigenvalue weighted by Crippen LogP contribution is 2.76. The van der Waals surface area contributed by atoms with Gasteiger partial charge in [0.2, 0.25) is 5.79 Å². The van der Waals surface area contributed by atoms with Gasteiger partial charge < -0.3 is 29.9 Å². The number of carbonyl (C=O) groups is 2. The molecular weight excluding hydrogens is 608 g/mol. The maximum atomic E-state index is 13.2. The molecule has 4 N–H and O–H groups in total. The third kappa shape index (κ3) is 4.60. The second-order valence-corrected chi connectivity index (χ2v) is 17.4. The van der Waals surface area contributed by atoms with Crippen LogP contribution in [-0.2, 0) is 14.3 Å². The molecular formula is C40H56O8. The van der Waals surface area contributed by atoms with Crippen molar-refractivity contribution in [3.63, 3.8) is 0 Å². The molecule has 264 valence electrons. The lowest BCUT2D eigenvalue weighted by Crippen LogP contribution is -2.71. The van der Waals surface area contributed by atoms with Crippen molar-refractivity contribution < 1.29 is 39.5 Å². The zero-order valence-corrected chi connectivity index (χ0v) is 30.0. The number of phenolic OH excluding ortho intramolecular Hbond substituents is 1. The van der Waals surface area contributed by atoms with Gasteiger partial charge in [-0.05, 0) is 121 Å². The van der Waals surface area contributed by atoms with Crippen LogP contribution in [0, 0.1) is 56.7 Å². The molecule has 2 unspecified atom stereocenters. The van der Waals surface area contributed by atoms with E-state index >= 15 is 0 Å². The topological polar surface area (TPSA) is 134 Å². The summed E-state index contributed by atoms with van der Waals surface area (Å²) in [5.74, 6) is -2.33. The third-order valence-corrected chi connectivity index (χ3v) is 15.4. The normalized spacial score (nSPS) is 44.8. The van der Waals surface area contributed by atoms with Crippen LogP contribution in [0.25, 0.3) is 6.08 Å². The molecule has 4 fully saturated rings. The van der Waals surface area contributed by atoms with E-state index in [1.807, 2.05) is 13.8 Å². The van der Waals surface area contributed by atoms with Crippen LogP contribution < -0.4 is 4.74 Å². The molecule has 8 nitrogen and oxygen atoms in total. The van der Waals surface area contributed by atoms with Crippen LogP contribution in [0.4, 0.5) is 0 Å². The zero-order chi connectivity index (χ0) is 35.2. The van der Waals surface area contributed by atoms with Crippen molar-refractivity contribution in [2.24, 2.45) is 56.7 Å². The molecule has 8 heteroatoms. The first-order valence-corrected chi connectivity index (χ1v) is 17.9. The average Bonchev–Trinajstić information content (AvgIpc) is 3.01. The molecule has 1 aromatic rings. The molecule has 1 aromatic carbocycles. The average molecular weight is 665 g/mol. The Morgan fingerprint density at radius 3 is 2.33 bits per heavy atom. The molecule has 0 heterocycles. The number of hydrogen-bond acceptors (Lipinski definition) is 7. The molecule has 6 rings (SSSR count). The van der Waals surface area contributed by atoms with E-state index in [9.17, 15) is 30.0 Å². The van der Waals surface area contributed by atoms with Crippen molar-refractivity contribution in [2.45, 2.75) is 112 Å². The number of aliphatic hydroxyl groups excluding tert-OH is 1. The lowest BCUT2D eigenvalue weighted by atomic mass is 9.33. The van der Waals surface area contributed by atoms with Crippen LogP contribution in [0.3, 0.4) is 0 Å². The molecule has 0 aliphatic heterocycles. The fourth-order valence-electron chi connectivity index (χ4n) is 12.3. The fraction of sp³-hybridized carbons (Fsp3) is 0.700. The van der Waals surface area contributed by atoms with Gasteiger partial charge >= 0.3 is 11.9 Å². The number of fused-ring (bicyclic) bond motifs is 7. The first-order chi connectivity index (χ1) is 22.3. The summed E-state index contributed by atoms with van der Waals surface area (Å²) in [5, 5.41) is 44.7. The Bertz CT molecular complexity index is 1550. The number of aliphatic hydroxyl groups is 2. The number of allylic oxidation sites excluding steroid dienone is 2. The fourth-order valence-corrected chi connectivity index (χ4v) is 12.3. The number of carboxylic acids is 1. The van der Waals surface area contributed by atoms with E-state index < -0.39 is 34.7 Å². The largest absolute Gasteiger partial charge is 0.504 e. The van der Waals surface area contributed by atoms with E-state index in [1.165, 1.54) is 30.9 Å². The van der Waals surface area contributed by atoms with E-state index in [4.69, 9.17) is 9.47 Å². The molecule has 11 atom stereocenters. The van der Waals surface area contributed by atoms with Crippen LogP contribution in [0.1, 0.15) is 105 Å². The van der Waals surface area contributed by atoms with Crippen molar-refractivity contribution in [3.8, 4) is 11.5 Å². The Kier molecular flexibility index (Phi) is 8.27. The summed E-state index contributed by atoms with van der Waals surface area (Å²) >= 11 is 0. The zero-order valence-electron chi connectivity index (χ0n) is 30.0. The molecule has 48 heavy (non-hydrogen) atoms. The maximum Gasteiger partial charge on any atom is 0.333 e. The first-order valence-electron chi connectivity index (χ1n) is 17.9. The van der Waals surface area contributed by atoms with Gasteiger partial charge in [0, 0.05) is 11.5 Å². The highest BCUT2D eigenvalue weighted by molar-refractivity contribution is 5.87. The summed E-state index contributed by atoms with van der Waals surface area (Å²) in [6, 6.07) is 4.75. The van der Waals surface area contributed by atoms with Gasteiger partial charge in [-0.3, -0.25) is 4.79 Å². The monoisotopic (exact) mass is 664 g/mol. The van der Waals surface area contributed by atoms with Crippen LogP contribution in [0.15, 0.2) is 35.9 Å². The molecule has 0 amide bonds. The standard InChI is InChI=1S/C40H56O8/c1-23-15-18-39(34(44)45)20-19-37(6)26(33(39)24(23)2)11-13-30-36(5)22-31(42)40(46,35(3,4)29(36)16-17-38(30,37)7)48-32(43)14-10-25-9-12-28(47-8)27(41)21-25/h9-12,14,21,23-24,29-31,33,41-42,46H,13,15-20,22H2,1-8H3,(H,44,45)/t23-,24+,29?,30-,31?,33+,36+,37-,38-,39+,40+/m1/s1. The van der Waals surface area contributed by atoms with Crippen LogP contribution in [0.5, 0.6) is 11.5 Å². The van der Waals surface area contributed by atoms with Gasteiger partial charge in [-0.15, -0.1) is 0 Å². The summed E-state index contributed by atoms with van der Waals surface area (Å²) in [6.45, 7) is 15.4. The van der Waals surface area contributed by atoms with E-state index in [2.05, 4.69) is 40.7 Å². The highest BCUT2D eigenvalue weighted by atomic mass is 16.7. The number of carbonyl (C=O) groups excluding carboxylic acids is 1. The van der Waals surface area contributed by atoms with Crippen LogP contribution >= 0.6 is 0 Å². The number of carboxylic acid groups (broad SMARTS) is 1. The summed E-state index contributed by atoms with van der Waals surface area (Å²) in [7, 11) is 1.46. The number of ether oxygens (including phenoxy) is 2. The van der Waals surface area contributed by atoms with Crippen molar-refractivity contribution >= 4 is 18.0 Å². The lowest BCUT2D eigenvalue weighted by molar-refractivity contribution is -0.352. The Balaban J connectivity index is 1.30. The predicted molar refractivity (Wildman–Crippen MR) is 183 cm³/mol. The van der Waals surface area contributed by atoms with Crippen LogP contribution in [-0.4, -0.2) is 51.4 Å². The van der Waals surface area contributed by atoms with Gasteiger partial charge in [0.25, 0.3) is 0 Å². The third-order valence-electron chi connectivity index (χ3n) is 15.4. The number of esters is 1. The molecule has 5 aliphatic carbocycles. The highest BCUT2D eigenvalue weighted by Gasteiger charge is 2.73. The lowest BCUT2D eigenvalue weighted by Gasteiger charge is -2.72. The van der Waals surface area contributed by atoms with E-state index in [-0.39, 0.29) is 52.1 Å². The van der Waals surface area contributed by atoms with Crippen molar-refractivity contribution in [2.75, 3.05) is 7.11 Å². The number of rotatable bonds is 5. The Morgan fingerprint density at radius 2 is 1.69 bits per heavy atom. The summed E-state index contributed by atoms with van der Waals surface area (Å²) < 4.78 is 10.9. The SMILES string of the molecule is COc1ccc(C=CC(=O)O[C@@]2(O)C(O)C[C@@]3(C)C(CC[C@]4(C)[C@@H]3CC=C3[C@@H]5[C@@H](C)[C@H](C)CC[C@]5(C(=O)O)CC[C@]34C)C2(C)C)cc1O. The summed E-state index contributed by atoms with van der Waals surface area (Å²) in [6.07, 6.45) is 9.81. The maximum absolute atomic E-state index is 13.2. The quantitative estimate of drug-likeness (QED) is 0.111. The number of hydrogen-bond donors (Lipinski definition) is 4. The smallest absolute Gasteiger partial charge is 0.333 e. The Hall–Kier alpha value is -2.84.